The Morgan fingerprint density at radius 1 is 1.03 bits per heavy atom. The molecule has 1 aromatic carbocycles. The molecule has 1 N–H and O–H groups in total. The normalized spacial score (nSPS) is 26.2. The number of carbonyl (C=O) groups excluding carboxylic acids is 1. The molecule has 3 saturated carbocycles. The molecule has 3 fully saturated rings. The standard InChI is InChI=1S/C16H23N.C12H21NO2/c1-17-12-11-13-7-5-6-10-15(13)16(17)14-8-3-2-4-9-14;14-9-8-13(11-4-5-11)10-12(15)6-2-1-3-7-12/h5-7,10,14,16H,2-4,8-9,11-12H2,1H3;9,11,15H,1-8,10H2. The third-order valence-electron chi connectivity index (χ3n) is 8.33. The summed E-state index contributed by atoms with van der Waals surface area (Å²) in [4.78, 5) is 15.3. The molecule has 32 heavy (non-hydrogen) atoms. The highest BCUT2D eigenvalue weighted by atomic mass is 16.3. The second-order valence-electron chi connectivity index (χ2n) is 10.9. The minimum atomic E-state index is -0.510. The number of hydrogen-bond acceptors (Lipinski definition) is 4. The topological polar surface area (TPSA) is 43.8 Å². The summed E-state index contributed by atoms with van der Waals surface area (Å²) in [5, 5.41) is 10.4. The lowest BCUT2D eigenvalue weighted by Gasteiger charge is -2.41. The van der Waals surface area contributed by atoms with Crippen LogP contribution in [-0.2, 0) is 11.2 Å². The smallest absolute Gasteiger partial charge is 0.133 e. The van der Waals surface area contributed by atoms with Crippen LogP contribution in [0.4, 0.5) is 0 Å². The zero-order valence-corrected chi connectivity index (χ0v) is 20.2. The van der Waals surface area contributed by atoms with Crippen LogP contribution in [0.15, 0.2) is 24.3 Å². The fourth-order valence-electron chi connectivity index (χ4n) is 6.41. The van der Waals surface area contributed by atoms with Crippen LogP contribution in [0, 0.1) is 5.92 Å². The highest BCUT2D eigenvalue weighted by Gasteiger charge is 2.37. The van der Waals surface area contributed by atoms with Gasteiger partial charge in [0.1, 0.15) is 6.29 Å². The van der Waals surface area contributed by atoms with E-state index in [9.17, 15) is 9.90 Å². The lowest BCUT2D eigenvalue weighted by Crippen LogP contribution is -2.45. The summed E-state index contributed by atoms with van der Waals surface area (Å²) in [6, 6.07) is 10.4. The molecular weight excluding hydrogens is 396 g/mol. The van der Waals surface area contributed by atoms with Crippen LogP contribution in [-0.4, -0.2) is 59.5 Å². The lowest BCUT2D eigenvalue weighted by atomic mass is 9.77. The van der Waals surface area contributed by atoms with Gasteiger partial charge in [-0.05, 0) is 69.0 Å². The Kier molecular flexibility index (Phi) is 8.42. The van der Waals surface area contributed by atoms with Crippen LogP contribution >= 0.6 is 0 Å². The van der Waals surface area contributed by atoms with Crippen molar-refractivity contribution in [2.24, 2.45) is 5.92 Å². The van der Waals surface area contributed by atoms with E-state index in [-0.39, 0.29) is 0 Å². The Morgan fingerprint density at radius 2 is 1.72 bits per heavy atom. The number of aliphatic hydroxyl groups is 1. The van der Waals surface area contributed by atoms with Crippen LogP contribution in [0.2, 0.25) is 0 Å². The zero-order chi connectivity index (χ0) is 22.4. The molecule has 4 heteroatoms. The molecule has 4 aliphatic rings. The summed E-state index contributed by atoms with van der Waals surface area (Å²) in [5.74, 6) is 0.898. The zero-order valence-electron chi connectivity index (χ0n) is 20.2. The maximum atomic E-state index is 10.6. The van der Waals surface area contributed by atoms with E-state index in [1.54, 1.807) is 11.1 Å². The van der Waals surface area contributed by atoms with E-state index in [0.717, 1.165) is 37.9 Å². The maximum Gasteiger partial charge on any atom is 0.133 e. The molecule has 178 valence electrons. The third kappa shape index (κ3) is 6.21. The molecular formula is C28H44N2O2. The fraction of sp³-hybridized carbons (Fsp3) is 0.750. The van der Waals surface area contributed by atoms with Crippen LogP contribution in [0.1, 0.15) is 94.2 Å². The van der Waals surface area contributed by atoms with Crippen LogP contribution in [0.3, 0.4) is 0 Å². The molecule has 0 amide bonds. The van der Waals surface area contributed by atoms with Gasteiger partial charge in [-0.15, -0.1) is 0 Å². The average molecular weight is 441 g/mol. The van der Waals surface area contributed by atoms with Gasteiger partial charge in [0, 0.05) is 25.2 Å². The van der Waals surface area contributed by atoms with Gasteiger partial charge in [0.05, 0.1) is 12.1 Å². The van der Waals surface area contributed by atoms with Crippen LogP contribution in [0.25, 0.3) is 0 Å². The molecule has 1 heterocycles. The highest BCUT2D eigenvalue weighted by molar-refractivity contribution is 5.52. The Balaban J connectivity index is 0.000000155. The lowest BCUT2D eigenvalue weighted by molar-refractivity contribution is -0.110. The average Bonchev–Trinajstić information content (AvgIpc) is 3.66. The fourth-order valence-corrected chi connectivity index (χ4v) is 6.41. The minimum absolute atomic E-state index is 0.493. The molecule has 0 radical (unpaired) electrons. The molecule has 0 spiro atoms. The van der Waals surface area contributed by atoms with Crippen LogP contribution < -0.4 is 0 Å². The number of aldehydes is 1. The number of rotatable bonds is 6. The molecule has 5 rings (SSSR count). The first kappa shape index (κ1) is 23.9. The first-order chi connectivity index (χ1) is 15.6. The molecule has 0 saturated heterocycles. The van der Waals surface area contributed by atoms with Gasteiger partial charge < -0.3 is 9.90 Å². The third-order valence-corrected chi connectivity index (χ3v) is 8.33. The quantitative estimate of drug-likeness (QED) is 0.622. The number of hydrogen-bond donors (Lipinski definition) is 1. The van der Waals surface area contributed by atoms with Crippen molar-refractivity contribution in [3.63, 3.8) is 0 Å². The Labute approximate surface area is 195 Å². The van der Waals surface area contributed by atoms with E-state index in [1.165, 1.54) is 64.3 Å². The van der Waals surface area contributed by atoms with Crippen molar-refractivity contribution in [3.05, 3.63) is 35.4 Å². The number of carbonyl (C=O) groups is 1. The summed E-state index contributed by atoms with van der Waals surface area (Å²) < 4.78 is 0. The van der Waals surface area contributed by atoms with Gasteiger partial charge in [0.15, 0.2) is 0 Å². The van der Waals surface area contributed by atoms with Gasteiger partial charge in [-0.25, -0.2) is 0 Å². The van der Waals surface area contributed by atoms with Gasteiger partial charge >= 0.3 is 0 Å². The SMILES string of the molecule is CN1CCc2ccccc2C1C1CCCCC1.O=CCN(CC1(O)CCCCC1)C1CC1. The van der Waals surface area contributed by atoms with E-state index in [2.05, 4.69) is 41.1 Å². The van der Waals surface area contributed by atoms with Crippen molar-refractivity contribution < 1.29 is 9.90 Å². The number of nitrogens with zero attached hydrogens (tertiary/aromatic N) is 2. The number of benzene rings is 1. The van der Waals surface area contributed by atoms with Crippen LogP contribution in [0.5, 0.6) is 0 Å². The van der Waals surface area contributed by atoms with Crippen molar-refractivity contribution in [3.8, 4) is 0 Å². The minimum Gasteiger partial charge on any atom is -0.389 e. The predicted octanol–water partition coefficient (Wildman–Crippen LogP) is 5.14. The molecule has 0 aromatic heterocycles. The summed E-state index contributed by atoms with van der Waals surface area (Å²) in [5.41, 5.74) is 2.71. The molecule has 1 aromatic rings. The summed E-state index contributed by atoms with van der Waals surface area (Å²) >= 11 is 0. The first-order valence-electron chi connectivity index (χ1n) is 13.3. The number of likely N-dealkylation sites (N-methyl/N-ethyl adjacent to an activating group) is 1. The molecule has 0 bridgehead atoms. The second kappa shape index (κ2) is 11.3. The monoisotopic (exact) mass is 440 g/mol. The van der Waals surface area contributed by atoms with Gasteiger partial charge in [-0.3, -0.25) is 9.80 Å². The molecule has 1 aliphatic heterocycles. The van der Waals surface area contributed by atoms with E-state index >= 15 is 0 Å². The van der Waals surface area contributed by atoms with E-state index < -0.39 is 5.60 Å². The summed E-state index contributed by atoms with van der Waals surface area (Å²) in [7, 11) is 2.31. The Morgan fingerprint density at radius 3 is 2.41 bits per heavy atom. The van der Waals surface area contributed by atoms with E-state index in [0.29, 0.717) is 25.2 Å². The van der Waals surface area contributed by atoms with Gasteiger partial charge in [0.2, 0.25) is 0 Å². The van der Waals surface area contributed by atoms with E-state index in [1.807, 2.05) is 0 Å². The van der Waals surface area contributed by atoms with Crippen molar-refractivity contribution in [2.45, 2.75) is 101 Å². The highest BCUT2D eigenvalue weighted by Crippen LogP contribution is 2.41. The molecule has 4 nitrogen and oxygen atoms in total. The van der Waals surface area contributed by atoms with Crippen molar-refractivity contribution >= 4 is 6.29 Å². The van der Waals surface area contributed by atoms with E-state index in [4.69, 9.17) is 0 Å². The maximum absolute atomic E-state index is 10.6. The van der Waals surface area contributed by atoms with Crippen molar-refractivity contribution in [2.75, 3.05) is 26.7 Å². The number of fused-ring (bicyclic) bond motifs is 1. The van der Waals surface area contributed by atoms with Gasteiger partial charge in [0.25, 0.3) is 0 Å². The molecule has 1 atom stereocenters. The second-order valence-corrected chi connectivity index (χ2v) is 10.9. The summed E-state index contributed by atoms with van der Waals surface area (Å²) in [6.07, 6.45) is 17.1. The largest absolute Gasteiger partial charge is 0.389 e. The van der Waals surface area contributed by atoms with Crippen molar-refractivity contribution in [1.82, 2.24) is 9.80 Å². The predicted molar refractivity (Wildman–Crippen MR) is 131 cm³/mol. The van der Waals surface area contributed by atoms with Gasteiger partial charge in [-0.2, -0.15) is 0 Å². The first-order valence-corrected chi connectivity index (χ1v) is 13.3. The molecule has 1 unspecified atom stereocenters. The van der Waals surface area contributed by atoms with Crippen molar-refractivity contribution in [1.29, 1.82) is 0 Å². The Bertz CT molecular complexity index is 720. The Hall–Kier alpha value is -1.23. The van der Waals surface area contributed by atoms with Gasteiger partial charge in [-0.1, -0.05) is 62.8 Å². The summed E-state index contributed by atoms with van der Waals surface area (Å²) in [6.45, 7) is 2.43. The molecule has 3 aliphatic carbocycles.